The monoisotopic (exact) mass is 274 g/mol. The molecule has 0 amide bonds. The SMILES string of the molecule is OC(CBr)CCC(O)CBr. The van der Waals surface area contributed by atoms with Crippen LogP contribution in [0.3, 0.4) is 0 Å². The number of hydrogen-bond donors (Lipinski definition) is 2. The van der Waals surface area contributed by atoms with Crippen LogP contribution in [0.25, 0.3) is 0 Å². The Balaban J connectivity index is 3.17. The van der Waals surface area contributed by atoms with E-state index < -0.39 is 0 Å². The molecule has 0 bridgehead atoms. The lowest BCUT2D eigenvalue weighted by Crippen LogP contribution is -2.14. The zero-order chi connectivity index (χ0) is 7.98. The first-order chi connectivity index (χ1) is 4.70. The Labute approximate surface area is 77.9 Å². The van der Waals surface area contributed by atoms with Gasteiger partial charge >= 0.3 is 0 Å². The number of hydrogen-bond acceptors (Lipinski definition) is 2. The van der Waals surface area contributed by atoms with Crippen molar-refractivity contribution in [3.05, 3.63) is 0 Å². The number of rotatable bonds is 5. The Hall–Kier alpha value is 0.880. The van der Waals surface area contributed by atoms with E-state index in [9.17, 15) is 0 Å². The van der Waals surface area contributed by atoms with Gasteiger partial charge in [0.2, 0.25) is 0 Å². The molecule has 0 aliphatic heterocycles. The third-order valence-corrected chi connectivity index (χ3v) is 2.68. The molecule has 0 heterocycles. The quantitative estimate of drug-likeness (QED) is 0.742. The predicted octanol–water partition coefficient (Wildman–Crippen LogP) is 1.28. The number of aliphatic hydroxyl groups excluding tert-OH is 2. The van der Waals surface area contributed by atoms with Crippen LogP contribution in [0.5, 0.6) is 0 Å². The minimum atomic E-state index is -0.325. The van der Waals surface area contributed by atoms with Gasteiger partial charge in [-0.3, -0.25) is 0 Å². The van der Waals surface area contributed by atoms with Crippen LogP contribution in [0, 0.1) is 0 Å². The summed E-state index contributed by atoms with van der Waals surface area (Å²) >= 11 is 6.29. The zero-order valence-electron chi connectivity index (χ0n) is 5.63. The molecule has 2 atom stereocenters. The van der Waals surface area contributed by atoms with E-state index in [0.717, 1.165) is 0 Å². The predicted molar refractivity (Wildman–Crippen MR) is 48.8 cm³/mol. The molecule has 0 rings (SSSR count). The third-order valence-electron chi connectivity index (χ3n) is 1.19. The van der Waals surface area contributed by atoms with Gasteiger partial charge in [0.25, 0.3) is 0 Å². The van der Waals surface area contributed by atoms with Gasteiger partial charge in [-0.05, 0) is 12.8 Å². The van der Waals surface area contributed by atoms with E-state index in [-0.39, 0.29) is 12.2 Å². The van der Waals surface area contributed by atoms with E-state index in [1.54, 1.807) is 0 Å². The van der Waals surface area contributed by atoms with Gasteiger partial charge in [-0.1, -0.05) is 31.9 Å². The molecule has 0 saturated heterocycles. The van der Waals surface area contributed by atoms with Gasteiger partial charge in [0.15, 0.2) is 0 Å². The highest BCUT2D eigenvalue weighted by Crippen LogP contribution is 2.05. The van der Waals surface area contributed by atoms with Crippen LogP contribution in [-0.2, 0) is 0 Å². The summed E-state index contributed by atoms with van der Waals surface area (Å²) in [5, 5.41) is 19.2. The lowest BCUT2D eigenvalue weighted by Gasteiger charge is -2.09. The lowest BCUT2D eigenvalue weighted by molar-refractivity contribution is 0.139. The molecule has 0 fully saturated rings. The average Bonchev–Trinajstić information content (AvgIpc) is 1.99. The standard InChI is InChI=1S/C6H12Br2O2/c7-3-5(9)1-2-6(10)4-8/h5-6,9-10H,1-4H2. The molecule has 0 aliphatic rings. The second-order valence-corrected chi connectivity index (χ2v) is 3.49. The van der Waals surface area contributed by atoms with Crippen LogP contribution in [0.15, 0.2) is 0 Å². The van der Waals surface area contributed by atoms with Gasteiger partial charge in [0.05, 0.1) is 12.2 Å². The third kappa shape index (κ3) is 5.65. The zero-order valence-corrected chi connectivity index (χ0v) is 8.81. The van der Waals surface area contributed by atoms with Crippen molar-refractivity contribution in [1.29, 1.82) is 0 Å². The molecule has 0 aromatic rings. The molecule has 0 saturated carbocycles. The lowest BCUT2D eigenvalue weighted by atomic mass is 10.1. The molecule has 0 aromatic heterocycles. The second-order valence-electron chi connectivity index (χ2n) is 2.19. The summed E-state index contributed by atoms with van der Waals surface area (Å²) in [6, 6.07) is 0. The summed E-state index contributed by atoms with van der Waals surface area (Å²) in [7, 11) is 0. The summed E-state index contributed by atoms with van der Waals surface area (Å²) < 4.78 is 0. The smallest absolute Gasteiger partial charge is 0.0637 e. The maximum absolute atomic E-state index is 9.03. The van der Waals surface area contributed by atoms with Crippen molar-refractivity contribution in [3.63, 3.8) is 0 Å². The van der Waals surface area contributed by atoms with Gasteiger partial charge in [-0.15, -0.1) is 0 Å². The molecule has 0 radical (unpaired) electrons. The van der Waals surface area contributed by atoms with Crippen LogP contribution >= 0.6 is 31.9 Å². The Bertz CT molecular complexity index is 70.1. The van der Waals surface area contributed by atoms with Gasteiger partial charge in [-0.2, -0.15) is 0 Å². The molecular formula is C6H12Br2O2. The Kier molecular flexibility index (Phi) is 7.16. The summed E-state index contributed by atoms with van der Waals surface area (Å²) in [4.78, 5) is 0. The summed E-state index contributed by atoms with van der Waals surface area (Å²) in [6.45, 7) is 0. The largest absolute Gasteiger partial charge is 0.392 e. The van der Waals surface area contributed by atoms with E-state index in [4.69, 9.17) is 10.2 Å². The van der Waals surface area contributed by atoms with Gasteiger partial charge in [0.1, 0.15) is 0 Å². The molecule has 0 spiro atoms. The highest BCUT2D eigenvalue weighted by molar-refractivity contribution is 9.09. The molecule has 62 valence electrons. The van der Waals surface area contributed by atoms with E-state index in [2.05, 4.69) is 31.9 Å². The molecule has 2 unspecified atom stereocenters. The van der Waals surface area contributed by atoms with Gasteiger partial charge in [-0.25, -0.2) is 0 Å². The van der Waals surface area contributed by atoms with Crippen LogP contribution in [0.2, 0.25) is 0 Å². The highest BCUT2D eigenvalue weighted by Gasteiger charge is 2.05. The van der Waals surface area contributed by atoms with Gasteiger partial charge < -0.3 is 10.2 Å². The second kappa shape index (κ2) is 6.58. The summed E-state index contributed by atoms with van der Waals surface area (Å²) in [6.07, 6.45) is 0.651. The maximum Gasteiger partial charge on any atom is 0.0637 e. The van der Waals surface area contributed by atoms with Crippen molar-refractivity contribution < 1.29 is 10.2 Å². The molecule has 10 heavy (non-hydrogen) atoms. The highest BCUT2D eigenvalue weighted by atomic mass is 79.9. The first kappa shape index (κ1) is 10.9. The molecule has 2 N–H and O–H groups in total. The molecule has 0 aliphatic carbocycles. The number of alkyl halides is 2. The van der Waals surface area contributed by atoms with Crippen molar-refractivity contribution in [2.75, 3.05) is 10.7 Å². The minimum absolute atomic E-state index is 0.325. The van der Waals surface area contributed by atoms with Crippen molar-refractivity contribution in [3.8, 4) is 0 Å². The van der Waals surface area contributed by atoms with Crippen molar-refractivity contribution in [2.24, 2.45) is 0 Å². The van der Waals surface area contributed by atoms with Crippen LogP contribution < -0.4 is 0 Å². The maximum atomic E-state index is 9.03. The summed E-state index contributed by atoms with van der Waals surface area (Å²) in [5.74, 6) is 0. The first-order valence-electron chi connectivity index (χ1n) is 3.18. The van der Waals surface area contributed by atoms with Crippen LogP contribution in [-0.4, -0.2) is 33.1 Å². The van der Waals surface area contributed by atoms with Crippen molar-refractivity contribution >= 4 is 31.9 Å². The van der Waals surface area contributed by atoms with Crippen LogP contribution in [0.1, 0.15) is 12.8 Å². The summed E-state index contributed by atoms with van der Waals surface area (Å²) in [5.41, 5.74) is 0. The number of halogens is 2. The first-order valence-corrected chi connectivity index (χ1v) is 5.43. The molecule has 4 heteroatoms. The molecular weight excluding hydrogens is 264 g/mol. The van der Waals surface area contributed by atoms with Crippen molar-refractivity contribution in [2.45, 2.75) is 25.0 Å². The number of aliphatic hydroxyl groups is 2. The van der Waals surface area contributed by atoms with E-state index in [1.807, 2.05) is 0 Å². The van der Waals surface area contributed by atoms with Crippen LogP contribution in [0.4, 0.5) is 0 Å². The minimum Gasteiger partial charge on any atom is -0.392 e. The fraction of sp³-hybridized carbons (Fsp3) is 1.00. The van der Waals surface area contributed by atoms with E-state index in [0.29, 0.717) is 23.5 Å². The van der Waals surface area contributed by atoms with Crippen molar-refractivity contribution in [1.82, 2.24) is 0 Å². The Morgan fingerprint density at radius 1 is 0.900 bits per heavy atom. The normalized spacial score (nSPS) is 16.8. The van der Waals surface area contributed by atoms with E-state index in [1.165, 1.54) is 0 Å². The van der Waals surface area contributed by atoms with E-state index >= 15 is 0 Å². The fourth-order valence-electron chi connectivity index (χ4n) is 0.539. The molecule has 0 aromatic carbocycles. The average molecular weight is 276 g/mol. The molecule has 2 nitrogen and oxygen atoms in total. The van der Waals surface area contributed by atoms with Gasteiger partial charge in [0, 0.05) is 10.7 Å². The Morgan fingerprint density at radius 2 is 1.20 bits per heavy atom. The topological polar surface area (TPSA) is 40.5 Å². The Morgan fingerprint density at radius 3 is 1.40 bits per heavy atom. The fourth-order valence-corrected chi connectivity index (χ4v) is 1.19.